The average Bonchev–Trinajstić information content (AvgIpc) is 3.05. The first-order chi connectivity index (χ1) is 11.7. The van der Waals surface area contributed by atoms with Crippen LogP contribution >= 0.6 is 0 Å². The first-order valence-electron chi connectivity index (χ1n) is 7.17. The molecule has 0 unspecified atom stereocenters. The molecule has 0 bridgehead atoms. The molecule has 0 amide bonds. The second-order valence-corrected chi connectivity index (χ2v) is 7.08. The summed E-state index contributed by atoms with van der Waals surface area (Å²) in [6, 6.07) is 2.73. The smallest absolute Gasteiger partial charge is 0.264 e. The molecular weight excluding hydrogens is 354 g/mol. The van der Waals surface area contributed by atoms with E-state index in [2.05, 4.69) is 19.8 Å². The molecule has 0 aliphatic heterocycles. The number of benzene rings is 1. The maximum Gasteiger partial charge on any atom is 0.264 e. The van der Waals surface area contributed by atoms with E-state index in [1.54, 1.807) is 20.8 Å². The van der Waals surface area contributed by atoms with Crippen LogP contribution in [0, 0.1) is 32.4 Å². The number of hydrogen-bond acceptors (Lipinski definition) is 5. The summed E-state index contributed by atoms with van der Waals surface area (Å²) in [5.41, 5.74) is 0.989. The van der Waals surface area contributed by atoms with Gasteiger partial charge in [-0.15, -0.1) is 0 Å². The van der Waals surface area contributed by atoms with Crippen LogP contribution < -0.4 is 4.72 Å². The van der Waals surface area contributed by atoms with Gasteiger partial charge >= 0.3 is 0 Å². The normalized spacial score (nSPS) is 11.7. The lowest BCUT2D eigenvalue weighted by atomic mass is 10.2. The molecule has 2 aromatic heterocycles. The molecule has 3 aromatic rings. The van der Waals surface area contributed by atoms with Gasteiger partial charge in [0.2, 0.25) is 0 Å². The van der Waals surface area contributed by atoms with Crippen LogP contribution in [-0.2, 0) is 10.0 Å². The van der Waals surface area contributed by atoms with Crippen LogP contribution in [0.25, 0.3) is 11.5 Å². The van der Waals surface area contributed by atoms with Gasteiger partial charge in [-0.05, 0) is 32.9 Å². The number of H-pyrrole nitrogens is 1. The van der Waals surface area contributed by atoms with Crippen molar-refractivity contribution in [3.05, 3.63) is 47.0 Å². The average molecular weight is 368 g/mol. The number of sulfonamides is 1. The van der Waals surface area contributed by atoms with Gasteiger partial charge < -0.3 is 9.51 Å². The molecule has 2 N–H and O–H groups in total. The molecule has 132 valence electrons. The lowest BCUT2D eigenvalue weighted by Gasteiger charge is -2.09. The predicted molar refractivity (Wildman–Crippen MR) is 85.5 cm³/mol. The van der Waals surface area contributed by atoms with Crippen molar-refractivity contribution in [3.63, 3.8) is 0 Å². The predicted octanol–water partition coefficient (Wildman–Crippen LogP) is 3.07. The SMILES string of the molecule is Cc1noc(-c2c(C)[nH]c(C)c2S(=O)(=O)Nc2ccc(F)c(F)c2)n1. The van der Waals surface area contributed by atoms with E-state index in [0.29, 0.717) is 17.2 Å². The van der Waals surface area contributed by atoms with Gasteiger partial charge in [0, 0.05) is 17.5 Å². The zero-order valence-electron chi connectivity index (χ0n) is 13.5. The van der Waals surface area contributed by atoms with E-state index in [1.807, 2.05) is 0 Å². The van der Waals surface area contributed by atoms with Gasteiger partial charge in [0.05, 0.1) is 11.3 Å². The number of aryl methyl sites for hydroxylation is 3. The zero-order chi connectivity index (χ0) is 18.4. The Bertz CT molecular complexity index is 1060. The fourth-order valence-electron chi connectivity index (χ4n) is 2.52. The first-order valence-corrected chi connectivity index (χ1v) is 8.65. The molecule has 0 spiro atoms. The molecule has 7 nitrogen and oxygen atoms in total. The molecule has 0 atom stereocenters. The van der Waals surface area contributed by atoms with Gasteiger partial charge in [-0.25, -0.2) is 17.2 Å². The van der Waals surface area contributed by atoms with Gasteiger partial charge in [0.1, 0.15) is 4.90 Å². The highest BCUT2D eigenvalue weighted by atomic mass is 32.2. The summed E-state index contributed by atoms with van der Waals surface area (Å²) in [6.07, 6.45) is 0. The van der Waals surface area contributed by atoms with Crippen LogP contribution in [0.15, 0.2) is 27.6 Å². The van der Waals surface area contributed by atoms with Crippen LogP contribution in [0.3, 0.4) is 0 Å². The van der Waals surface area contributed by atoms with Crippen LogP contribution in [0.5, 0.6) is 0 Å². The molecule has 0 fully saturated rings. The highest BCUT2D eigenvalue weighted by Crippen LogP contribution is 2.33. The minimum Gasteiger partial charge on any atom is -0.361 e. The standard InChI is InChI=1S/C15H14F2N4O3S/c1-7-13(15-19-9(3)20-24-15)14(8(2)18-7)25(22,23)21-10-4-5-11(16)12(17)6-10/h4-6,18,21H,1-3H3. The van der Waals surface area contributed by atoms with Crippen molar-refractivity contribution in [3.8, 4) is 11.5 Å². The second kappa shape index (κ2) is 5.96. The van der Waals surface area contributed by atoms with Crippen molar-refractivity contribution in [2.24, 2.45) is 0 Å². The molecule has 25 heavy (non-hydrogen) atoms. The van der Waals surface area contributed by atoms with Gasteiger partial charge in [0.15, 0.2) is 17.5 Å². The van der Waals surface area contributed by atoms with Crippen LogP contribution in [0.4, 0.5) is 14.5 Å². The second-order valence-electron chi connectivity index (χ2n) is 5.46. The van der Waals surface area contributed by atoms with Crippen molar-refractivity contribution >= 4 is 15.7 Å². The Morgan fingerprint density at radius 2 is 1.84 bits per heavy atom. The lowest BCUT2D eigenvalue weighted by Crippen LogP contribution is -2.14. The fourth-order valence-corrected chi connectivity index (χ4v) is 4.02. The van der Waals surface area contributed by atoms with Gasteiger partial charge in [-0.3, -0.25) is 4.72 Å². The number of aromatic amines is 1. The lowest BCUT2D eigenvalue weighted by molar-refractivity contribution is 0.424. The molecule has 10 heteroatoms. The van der Waals surface area contributed by atoms with E-state index in [0.717, 1.165) is 18.2 Å². The Hall–Kier alpha value is -2.75. The number of aromatic nitrogens is 3. The van der Waals surface area contributed by atoms with Gasteiger partial charge in [0.25, 0.3) is 15.9 Å². The third-order valence-electron chi connectivity index (χ3n) is 3.50. The molecule has 3 rings (SSSR count). The topological polar surface area (TPSA) is 101 Å². The zero-order valence-corrected chi connectivity index (χ0v) is 14.3. The van der Waals surface area contributed by atoms with E-state index < -0.39 is 21.7 Å². The highest BCUT2D eigenvalue weighted by molar-refractivity contribution is 7.93. The van der Waals surface area contributed by atoms with E-state index in [-0.39, 0.29) is 22.0 Å². The molecule has 0 radical (unpaired) electrons. The summed E-state index contributed by atoms with van der Waals surface area (Å²) in [5, 5.41) is 3.67. The largest absolute Gasteiger partial charge is 0.361 e. The highest BCUT2D eigenvalue weighted by Gasteiger charge is 2.29. The van der Waals surface area contributed by atoms with Crippen LogP contribution in [-0.4, -0.2) is 23.5 Å². The van der Waals surface area contributed by atoms with E-state index in [9.17, 15) is 17.2 Å². The van der Waals surface area contributed by atoms with E-state index in [1.165, 1.54) is 0 Å². The maximum absolute atomic E-state index is 13.3. The summed E-state index contributed by atoms with van der Waals surface area (Å²) < 4.78 is 59.3. The maximum atomic E-state index is 13.3. The summed E-state index contributed by atoms with van der Waals surface area (Å²) in [4.78, 5) is 6.88. The van der Waals surface area contributed by atoms with Crippen molar-refractivity contribution in [2.45, 2.75) is 25.7 Å². The van der Waals surface area contributed by atoms with E-state index in [4.69, 9.17) is 4.52 Å². The number of nitrogens with one attached hydrogen (secondary N) is 2. The number of anilines is 1. The number of hydrogen-bond donors (Lipinski definition) is 2. The third-order valence-corrected chi connectivity index (χ3v) is 5.05. The molecule has 0 aliphatic rings. The molecule has 0 saturated heterocycles. The Morgan fingerprint density at radius 3 is 2.44 bits per heavy atom. The minimum atomic E-state index is -4.12. The Balaban J connectivity index is 2.10. The quantitative estimate of drug-likeness (QED) is 0.737. The van der Waals surface area contributed by atoms with Crippen molar-refractivity contribution in [1.29, 1.82) is 0 Å². The Labute approximate surface area is 142 Å². The Kier molecular flexibility index (Phi) is 4.07. The molecular formula is C15H14F2N4O3S. The third kappa shape index (κ3) is 3.12. The van der Waals surface area contributed by atoms with Crippen LogP contribution in [0.2, 0.25) is 0 Å². The number of rotatable bonds is 4. The van der Waals surface area contributed by atoms with E-state index >= 15 is 0 Å². The first kappa shape index (κ1) is 17.1. The Morgan fingerprint density at radius 1 is 1.12 bits per heavy atom. The van der Waals surface area contributed by atoms with Crippen molar-refractivity contribution < 1.29 is 21.7 Å². The van der Waals surface area contributed by atoms with Gasteiger partial charge in [-0.1, -0.05) is 5.16 Å². The molecule has 2 heterocycles. The van der Waals surface area contributed by atoms with Crippen molar-refractivity contribution in [2.75, 3.05) is 4.72 Å². The summed E-state index contributed by atoms with van der Waals surface area (Å²) in [5.74, 6) is -1.83. The monoisotopic (exact) mass is 368 g/mol. The van der Waals surface area contributed by atoms with Gasteiger partial charge in [-0.2, -0.15) is 4.98 Å². The summed E-state index contributed by atoms with van der Waals surface area (Å²) >= 11 is 0. The summed E-state index contributed by atoms with van der Waals surface area (Å²) in [7, 11) is -4.12. The van der Waals surface area contributed by atoms with Crippen molar-refractivity contribution in [1.82, 2.24) is 15.1 Å². The molecule has 0 saturated carbocycles. The minimum absolute atomic E-state index is 0.0463. The van der Waals surface area contributed by atoms with Crippen LogP contribution in [0.1, 0.15) is 17.2 Å². The number of nitrogens with zero attached hydrogens (tertiary/aromatic N) is 2. The molecule has 1 aromatic carbocycles. The fraction of sp³-hybridized carbons (Fsp3) is 0.200. The summed E-state index contributed by atoms with van der Waals surface area (Å²) in [6.45, 7) is 4.84. The number of halogens is 2. The molecule has 0 aliphatic carbocycles.